The third-order valence-corrected chi connectivity index (χ3v) is 2.65. The van der Waals surface area contributed by atoms with Gasteiger partial charge in [0.15, 0.2) is 5.78 Å². The van der Waals surface area contributed by atoms with E-state index in [-0.39, 0.29) is 11.2 Å². The predicted octanol–water partition coefficient (Wildman–Crippen LogP) is 4.08. The highest BCUT2D eigenvalue weighted by Gasteiger charge is 2.20. The van der Waals surface area contributed by atoms with E-state index in [4.69, 9.17) is 4.74 Å². The van der Waals surface area contributed by atoms with Crippen molar-refractivity contribution in [2.75, 3.05) is 7.11 Å². The highest BCUT2D eigenvalue weighted by Crippen LogP contribution is 2.28. The number of hydrogen-bond donors (Lipinski definition) is 0. The summed E-state index contributed by atoms with van der Waals surface area (Å²) >= 11 is 3.37. The largest absolute Gasteiger partial charge is 0.496 e. The minimum Gasteiger partial charge on any atom is -0.496 e. The standard InChI is InChI=1S/C13H17BrO2/c1-13(2,3)8-11(15)10-7-9(14)5-6-12(10)16-4/h5-7H,8H2,1-4H3. The quantitative estimate of drug-likeness (QED) is 0.782. The van der Waals surface area contributed by atoms with Crippen LogP contribution in [0, 0.1) is 5.41 Å². The Hall–Kier alpha value is -0.830. The molecule has 16 heavy (non-hydrogen) atoms. The van der Waals surface area contributed by atoms with Crippen molar-refractivity contribution in [1.82, 2.24) is 0 Å². The second kappa shape index (κ2) is 5.00. The maximum Gasteiger partial charge on any atom is 0.167 e. The van der Waals surface area contributed by atoms with E-state index in [0.717, 1.165) is 4.47 Å². The van der Waals surface area contributed by atoms with Crippen molar-refractivity contribution in [3.8, 4) is 5.75 Å². The molecule has 0 aliphatic heterocycles. The third kappa shape index (κ3) is 3.63. The van der Waals surface area contributed by atoms with E-state index < -0.39 is 0 Å². The van der Waals surface area contributed by atoms with Gasteiger partial charge in [-0.2, -0.15) is 0 Å². The normalized spacial score (nSPS) is 11.3. The van der Waals surface area contributed by atoms with Crippen LogP contribution in [0.25, 0.3) is 0 Å². The van der Waals surface area contributed by atoms with Crippen LogP contribution >= 0.6 is 15.9 Å². The summed E-state index contributed by atoms with van der Waals surface area (Å²) in [6.07, 6.45) is 0.514. The molecule has 0 aromatic heterocycles. The molecule has 0 fully saturated rings. The van der Waals surface area contributed by atoms with Crippen molar-refractivity contribution in [1.29, 1.82) is 0 Å². The highest BCUT2D eigenvalue weighted by atomic mass is 79.9. The molecule has 0 aliphatic rings. The lowest BCUT2D eigenvalue weighted by molar-refractivity contribution is 0.0937. The molecule has 0 aliphatic carbocycles. The summed E-state index contributed by atoms with van der Waals surface area (Å²) in [5.41, 5.74) is 0.636. The Bertz CT molecular complexity index is 391. The number of Topliss-reactive ketones (excluding diaryl/α,β-unsaturated/α-hetero) is 1. The van der Waals surface area contributed by atoms with E-state index in [0.29, 0.717) is 17.7 Å². The molecular formula is C13H17BrO2. The van der Waals surface area contributed by atoms with Crippen molar-refractivity contribution in [2.45, 2.75) is 27.2 Å². The Morgan fingerprint density at radius 3 is 2.50 bits per heavy atom. The zero-order chi connectivity index (χ0) is 12.3. The van der Waals surface area contributed by atoms with E-state index in [9.17, 15) is 4.79 Å². The van der Waals surface area contributed by atoms with Crippen molar-refractivity contribution in [3.05, 3.63) is 28.2 Å². The number of ketones is 1. The molecule has 1 aromatic rings. The Morgan fingerprint density at radius 2 is 2.00 bits per heavy atom. The van der Waals surface area contributed by atoms with Gasteiger partial charge in [-0.05, 0) is 23.6 Å². The third-order valence-electron chi connectivity index (χ3n) is 2.15. The fourth-order valence-electron chi connectivity index (χ4n) is 1.48. The Kier molecular flexibility index (Phi) is 4.14. The van der Waals surface area contributed by atoms with Gasteiger partial charge in [0.05, 0.1) is 12.7 Å². The summed E-state index contributed by atoms with van der Waals surface area (Å²) in [5.74, 6) is 0.753. The number of hydrogen-bond acceptors (Lipinski definition) is 2. The molecule has 0 radical (unpaired) electrons. The second-order valence-corrected chi connectivity index (χ2v) is 5.92. The van der Waals surface area contributed by atoms with Crippen molar-refractivity contribution >= 4 is 21.7 Å². The summed E-state index contributed by atoms with van der Waals surface area (Å²) in [7, 11) is 1.58. The average molecular weight is 285 g/mol. The zero-order valence-corrected chi connectivity index (χ0v) is 11.7. The van der Waals surface area contributed by atoms with Gasteiger partial charge in [0.2, 0.25) is 0 Å². The van der Waals surface area contributed by atoms with Crippen LogP contribution < -0.4 is 4.74 Å². The van der Waals surface area contributed by atoms with E-state index >= 15 is 0 Å². The van der Waals surface area contributed by atoms with Crippen LogP contribution in [0.5, 0.6) is 5.75 Å². The number of methoxy groups -OCH3 is 1. The van der Waals surface area contributed by atoms with Crippen LogP contribution in [0.2, 0.25) is 0 Å². The lowest BCUT2D eigenvalue weighted by atomic mass is 9.87. The van der Waals surface area contributed by atoms with Gasteiger partial charge in [-0.3, -0.25) is 4.79 Å². The molecule has 1 rings (SSSR count). The monoisotopic (exact) mass is 284 g/mol. The summed E-state index contributed by atoms with van der Waals surface area (Å²) in [6, 6.07) is 5.49. The maximum atomic E-state index is 12.1. The Labute approximate surface area is 105 Å². The minimum absolute atomic E-state index is 0.00951. The second-order valence-electron chi connectivity index (χ2n) is 5.01. The predicted molar refractivity (Wildman–Crippen MR) is 69.1 cm³/mol. The lowest BCUT2D eigenvalue weighted by Gasteiger charge is -2.17. The first-order valence-corrected chi connectivity index (χ1v) is 5.99. The van der Waals surface area contributed by atoms with Gasteiger partial charge >= 0.3 is 0 Å². The molecule has 0 saturated carbocycles. The lowest BCUT2D eigenvalue weighted by Crippen LogP contribution is -2.13. The molecule has 0 saturated heterocycles. The van der Waals surface area contributed by atoms with Crippen LogP contribution in [-0.2, 0) is 0 Å². The van der Waals surface area contributed by atoms with E-state index in [1.165, 1.54) is 0 Å². The number of benzene rings is 1. The highest BCUT2D eigenvalue weighted by molar-refractivity contribution is 9.10. The fourth-order valence-corrected chi connectivity index (χ4v) is 1.84. The summed E-state index contributed by atoms with van der Waals surface area (Å²) in [5, 5.41) is 0. The van der Waals surface area contributed by atoms with Gasteiger partial charge in [0, 0.05) is 10.9 Å². The number of rotatable bonds is 3. The molecule has 0 N–H and O–H groups in total. The topological polar surface area (TPSA) is 26.3 Å². The van der Waals surface area contributed by atoms with Gasteiger partial charge < -0.3 is 4.74 Å². The van der Waals surface area contributed by atoms with Crippen LogP contribution in [0.3, 0.4) is 0 Å². The zero-order valence-electron chi connectivity index (χ0n) is 10.1. The molecule has 0 atom stereocenters. The fraction of sp³-hybridized carbons (Fsp3) is 0.462. The SMILES string of the molecule is COc1ccc(Br)cc1C(=O)CC(C)(C)C. The smallest absolute Gasteiger partial charge is 0.167 e. The number of carbonyl (C=O) groups is 1. The van der Waals surface area contributed by atoms with Crippen molar-refractivity contribution < 1.29 is 9.53 Å². The Balaban J connectivity index is 3.02. The Morgan fingerprint density at radius 1 is 1.38 bits per heavy atom. The molecule has 0 unspecified atom stereocenters. The molecule has 3 heteroatoms. The van der Waals surface area contributed by atoms with Gasteiger partial charge in [0.25, 0.3) is 0 Å². The molecule has 88 valence electrons. The molecule has 0 bridgehead atoms. The van der Waals surface area contributed by atoms with Gasteiger partial charge in [0.1, 0.15) is 5.75 Å². The van der Waals surface area contributed by atoms with Crippen molar-refractivity contribution in [3.63, 3.8) is 0 Å². The molecule has 0 heterocycles. The molecule has 1 aromatic carbocycles. The maximum absolute atomic E-state index is 12.1. The average Bonchev–Trinajstić information content (AvgIpc) is 2.15. The first kappa shape index (κ1) is 13.2. The summed E-state index contributed by atoms with van der Waals surface area (Å²) in [4.78, 5) is 12.1. The minimum atomic E-state index is -0.00951. The van der Waals surface area contributed by atoms with E-state index in [1.54, 1.807) is 13.2 Å². The number of ether oxygens (including phenoxy) is 1. The number of carbonyl (C=O) groups excluding carboxylic acids is 1. The first-order valence-electron chi connectivity index (χ1n) is 5.20. The molecule has 2 nitrogen and oxygen atoms in total. The van der Waals surface area contributed by atoms with Gasteiger partial charge in [-0.25, -0.2) is 0 Å². The first-order chi connectivity index (χ1) is 7.33. The van der Waals surface area contributed by atoms with E-state index in [1.807, 2.05) is 12.1 Å². The summed E-state index contributed by atoms with van der Waals surface area (Å²) in [6.45, 7) is 6.15. The molecule has 0 spiro atoms. The van der Waals surface area contributed by atoms with Crippen molar-refractivity contribution in [2.24, 2.45) is 5.41 Å². The van der Waals surface area contributed by atoms with Crippen LogP contribution in [0.1, 0.15) is 37.6 Å². The van der Waals surface area contributed by atoms with Gasteiger partial charge in [-0.1, -0.05) is 36.7 Å². The van der Waals surface area contributed by atoms with E-state index in [2.05, 4.69) is 36.7 Å². The number of halogens is 1. The molecule has 0 amide bonds. The molecular weight excluding hydrogens is 268 g/mol. The summed E-state index contributed by atoms with van der Waals surface area (Å²) < 4.78 is 6.09. The van der Waals surface area contributed by atoms with Crippen LogP contribution in [-0.4, -0.2) is 12.9 Å². The van der Waals surface area contributed by atoms with Crippen LogP contribution in [0.15, 0.2) is 22.7 Å². The van der Waals surface area contributed by atoms with Gasteiger partial charge in [-0.15, -0.1) is 0 Å². The van der Waals surface area contributed by atoms with Crippen LogP contribution in [0.4, 0.5) is 0 Å².